The molecule has 2 aromatic heterocycles. The van der Waals surface area contributed by atoms with Crippen molar-refractivity contribution in [3.63, 3.8) is 0 Å². The lowest BCUT2D eigenvalue weighted by molar-refractivity contribution is 0.0974. The first-order valence-electron chi connectivity index (χ1n) is 9.11. The first-order valence-corrected chi connectivity index (χ1v) is 11.1. The highest BCUT2D eigenvalue weighted by Crippen LogP contribution is 2.28. The molecule has 0 bridgehead atoms. The maximum Gasteiger partial charge on any atom is 0.261 e. The summed E-state index contributed by atoms with van der Waals surface area (Å²) in [6, 6.07) is 11.2. The number of halogens is 1. The van der Waals surface area contributed by atoms with Crippen LogP contribution in [0.1, 0.15) is 21.7 Å². The molecule has 0 aliphatic rings. The fourth-order valence-electron chi connectivity index (χ4n) is 3.03. The van der Waals surface area contributed by atoms with E-state index in [2.05, 4.69) is 41.9 Å². The molecule has 4 aromatic rings. The highest BCUT2D eigenvalue weighted by molar-refractivity contribution is 9.10. The molecule has 0 aliphatic heterocycles. The van der Waals surface area contributed by atoms with Crippen LogP contribution in [-0.2, 0) is 0 Å². The van der Waals surface area contributed by atoms with Crippen molar-refractivity contribution in [1.82, 2.24) is 25.1 Å². The van der Waals surface area contributed by atoms with Gasteiger partial charge in [0, 0.05) is 15.7 Å². The van der Waals surface area contributed by atoms with Crippen molar-refractivity contribution in [2.75, 3.05) is 12.4 Å². The van der Waals surface area contributed by atoms with Gasteiger partial charge in [0.2, 0.25) is 4.96 Å². The Morgan fingerprint density at radius 3 is 2.61 bits per heavy atom. The van der Waals surface area contributed by atoms with Gasteiger partial charge in [-0.3, -0.25) is 10.1 Å². The minimum absolute atomic E-state index is 0.187. The van der Waals surface area contributed by atoms with Crippen molar-refractivity contribution in [3.05, 3.63) is 57.8 Å². The molecule has 0 fully saturated rings. The number of ether oxygens (including phenoxy) is 1. The molecule has 0 unspecified atom stereocenters. The van der Waals surface area contributed by atoms with Gasteiger partial charge in [-0.05, 0) is 68.0 Å². The number of hydrogen-bond donors (Lipinski definition) is 2. The molecule has 11 heteroatoms. The smallest absolute Gasteiger partial charge is 0.261 e. The van der Waals surface area contributed by atoms with Gasteiger partial charge in [0.15, 0.2) is 10.9 Å². The standard InChI is InChI=1S/C20H17BrN6O2S2/c1-10-8-13(21)9-15(16(10)29-3)17(28)23-19(30)22-14-6-4-12(5-7-14)18-26-27-11(2)24-25-20(27)31-18/h4-9H,1-3H3,(H2,22,23,28,30). The van der Waals surface area contributed by atoms with E-state index in [1.54, 1.807) is 10.6 Å². The van der Waals surface area contributed by atoms with Crippen LogP contribution in [0.15, 0.2) is 40.9 Å². The van der Waals surface area contributed by atoms with Gasteiger partial charge in [-0.1, -0.05) is 27.3 Å². The van der Waals surface area contributed by atoms with Crippen molar-refractivity contribution in [2.24, 2.45) is 0 Å². The number of nitrogens with one attached hydrogen (secondary N) is 2. The lowest BCUT2D eigenvalue weighted by Gasteiger charge is -2.14. The molecular weight excluding hydrogens is 500 g/mol. The number of rotatable bonds is 4. The molecule has 0 saturated carbocycles. The van der Waals surface area contributed by atoms with Crippen LogP contribution >= 0.6 is 39.5 Å². The van der Waals surface area contributed by atoms with Crippen molar-refractivity contribution in [1.29, 1.82) is 0 Å². The second kappa shape index (κ2) is 8.69. The quantitative estimate of drug-likeness (QED) is 0.389. The van der Waals surface area contributed by atoms with E-state index in [0.29, 0.717) is 11.3 Å². The molecule has 0 aliphatic carbocycles. The summed E-state index contributed by atoms with van der Waals surface area (Å²) in [5.74, 6) is 0.896. The van der Waals surface area contributed by atoms with Crippen LogP contribution in [0.25, 0.3) is 15.5 Å². The van der Waals surface area contributed by atoms with Gasteiger partial charge in [-0.15, -0.1) is 10.2 Å². The molecule has 2 N–H and O–H groups in total. The molecule has 0 atom stereocenters. The van der Waals surface area contributed by atoms with Crippen LogP contribution in [0, 0.1) is 13.8 Å². The predicted molar refractivity (Wildman–Crippen MR) is 128 cm³/mol. The summed E-state index contributed by atoms with van der Waals surface area (Å²) in [4.78, 5) is 13.4. The molecule has 0 radical (unpaired) electrons. The average Bonchev–Trinajstić information content (AvgIpc) is 3.30. The van der Waals surface area contributed by atoms with Gasteiger partial charge in [0.25, 0.3) is 5.91 Å². The monoisotopic (exact) mass is 516 g/mol. The van der Waals surface area contributed by atoms with Gasteiger partial charge in [0.1, 0.15) is 10.8 Å². The van der Waals surface area contributed by atoms with Crippen LogP contribution in [0.3, 0.4) is 0 Å². The number of nitrogens with zero attached hydrogens (tertiary/aromatic N) is 4. The van der Waals surface area contributed by atoms with E-state index in [-0.39, 0.29) is 11.0 Å². The van der Waals surface area contributed by atoms with Crippen molar-refractivity contribution in [3.8, 4) is 16.3 Å². The number of thiocarbonyl (C=S) groups is 1. The van der Waals surface area contributed by atoms with E-state index in [4.69, 9.17) is 17.0 Å². The van der Waals surface area contributed by atoms with Crippen LogP contribution < -0.4 is 15.4 Å². The minimum Gasteiger partial charge on any atom is -0.496 e. The molecule has 1 amide bonds. The van der Waals surface area contributed by atoms with Gasteiger partial charge in [-0.2, -0.15) is 9.61 Å². The summed E-state index contributed by atoms with van der Waals surface area (Å²) in [6.45, 7) is 3.73. The third-order valence-electron chi connectivity index (χ3n) is 4.45. The Morgan fingerprint density at radius 1 is 1.19 bits per heavy atom. The lowest BCUT2D eigenvalue weighted by atomic mass is 10.1. The first-order chi connectivity index (χ1) is 14.9. The maximum atomic E-state index is 12.7. The third kappa shape index (κ3) is 4.43. The second-order valence-corrected chi connectivity index (χ2v) is 8.92. The molecule has 0 saturated heterocycles. The van der Waals surface area contributed by atoms with E-state index in [0.717, 1.165) is 37.1 Å². The third-order valence-corrected chi connectivity index (χ3v) is 6.06. The number of methoxy groups -OCH3 is 1. The summed E-state index contributed by atoms with van der Waals surface area (Å²) in [5, 5.41) is 19.3. The Labute approximate surface area is 195 Å². The number of aryl methyl sites for hydroxylation is 2. The van der Waals surface area contributed by atoms with Gasteiger partial charge in [0.05, 0.1) is 12.7 Å². The fourth-order valence-corrected chi connectivity index (χ4v) is 4.70. The zero-order valence-corrected chi connectivity index (χ0v) is 20.0. The Hall–Kier alpha value is -2.89. The van der Waals surface area contributed by atoms with Gasteiger partial charge >= 0.3 is 0 Å². The Bertz CT molecular complexity index is 1300. The minimum atomic E-state index is -0.356. The van der Waals surface area contributed by atoms with Crippen LogP contribution in [-0.4, -0.2) is 37.9 Å². The van der Waals surface area contributed by atoms with Crippen LogP contribution in [0.4, 0.5) is 5.69 Å². The van der Waals surface area contributed by atoms with Crippen molar-refractivity contribution in [2.45, 2.75) is 13.8 Å². The highest BCUT2D eigenvalue weighted by Gasteiger charge is 2.17. The average molecular weight is 517 g/mol. The Kier molecular flexibility index (Phi) is 5.99. The molecule has 158 valence electrons. The van der Waals surface area contributed by atoms with Gasteiger partial charge in [-0.25, -0.2) is 0 Å². The highest BCUT2D eigenvalue weighted by atomic mass is 79.9. The van der Waals surface area contributed by atoms with E-state index in [1.807, 2.05) is 44.2 Å². The Morgan fingerprint density at radius 2 is 1.94 bits per heavy atom. The molecule has 31 heavy (non-hydrogen) atoms. The van der Waals surface area contributed by atoms with E-state index >= 15 is 0 Å². The predicted octanol–water partition coefficient (Wildman–Crippen LogP) is 4.37. The maximum absolute atomic E-state index is 12.7. The summed E-state index contributed by atoms with van der Waals surface area (Å²) in [6.07, 6.45) is 0. The molecule has 2 heterocycles. The van der Waals surface area contributed by atoms with Crippen LogP contribution in [0.5, 0.6) is 5.75 Å². The molecule has 4 rings (SSSR count). The number of anilines is 1. The normalized spacial score (nSPS) is 10.8. The van der Waals surface area contributed by atoms with Crippen molar-refractivity contribution >= 4 is 61.2 Å². The van der Waals surface area contributed by atoms with E-state index < -0.39 is 0 Å². The fraction of sp³-hybridized carbons (Fsp3) is 0.150. The first kappa shape index (κ1) is 21.3. The number of fused-ring (bicyclic) bond motifs is 1. The molecule has 8 nitrogen and oxygen atoms in total. The summed E-state index contributed by atoms with van der Waals surface area (Å²) in [5.41, 5.74) is 2.93. The van der Waals surface area contributed by atoms with E-state index in [9.17, 15) is 4.79 Å². The topological polar surface area (TPSA) is 93.4 Å². The zero-order valence-electron chi connectivity index (χ0n) is 16.8. The molecule has 2 aromatic carbocycles. The summed E-state index contributed by atoms with van der Waals surface area (Å²) in [7, 11) is 1.53. The second-order valence-electron chi connectivity index (χ2n) is 6.64. The lowest BCUT2D eigenvalue weighted by Crippen LogP contribution is -2.34. The number of aromatic nitrogens is 4. The largest absolute Gasteiger partial charge is 0.496 e. The van der Waals surface area contributed by atoms with Gasteiger partial charge < -0.3 is 10.1 Å². The number of benzene rings is 2. The zero-order chi connectivity index (χ0) is 22.1. The van der Waals surface area contributed by atoms with Crippen LogP contribution in [0.2, 0.25) is 0 Å². The number of hydrogen-bond acceptors (Lipinski definition) is 7. The molecular formula is C20H17BrN6O2S2. The van der Waals surface area contributed by atoms with E-state index in [1.165, 1.54) is 18.4 Å². The Balaban J connectivity index is 1.45. The van der Waals surface area contributed by atoms with Crippen molar-refractivity contribution < 1.29 is 9.53 Å². The molecule has 0 spiro atoms. The number of carbonyl (C=O) groups is 1. The SMILES string of the molecule is COc1c(C)cc(Br)cc1C(=O)NC(=S)Nc1ccc(-c2nn3c(C)nnc3s2)cc1. The summed E-state index contributed by atoms with van der Waals surface area (Å²) >= 11 is 10.2. The number of amides is 1. The number of carbonyl (C=O) groups excluding carboxylic acids is 1. The summed E-state index contributed by atoms with van der Waals surface area (Å²) < 4.78 is 7.87.